The average molecular weight is 572 g/mol. The predicted molar refractivity (Wildman–Crippen MR) is 150 cm³/mol. The number of hydrogen-bond donors (Lipinski definition) is 1. The van der Waals surface area contributed by atoms with Gasteiger partial charge < -0.3 is 19.5 Å². The van der Waals surface area contributed by atoms with Crippen molar-refractivity contribution in [3.05, 3.63) is 83.2 Å². The van der Waals surface area contributed by atoms with Crippen LogP contribution in [-0.2, 0) is 6.54 Å². The van der Waals surface area contributed by atoms with Crippen molar-refractivity contribution in [1.82, 2.24) is 20.0 Å². The van der Waals surface area contributed by atoms with Crippen molar-refractivity contribution in [2.24, 2.45) is 0 Å². The average Bonchev–Trinajstić information content (AvgIpc) is 3.60. The maximum absolute atomic E-state index is 6.13. The normalized spacial score (nSPS) is 12.9. The number of methoxy groups -OCH3 is 2. The van der Waals surface area contributed by atoms with E-state index in [0.29, 0.717) is 12.6 Å². The standard InChI is InChI=1S/C29H26BrN5O3/c1-36-21-6-4-19(28(13-21)37-2)16-31-26-17-32-34-25-12-18(5-9-22(25)26)23-14-24(30)29(38-20-7-8-20)15-27(23)35-11-3-10-33-35/h3-6,9-15,17,20H,7-8,16H2,1-2H3,(H,31,34). The van der Waals surface area contributed by atoms with E-state index in [4.69, 9.17) is 14.2 Å². The van der Waals surface area contributed by atoms with Crippen molar-refractivity contribution >= 4 is 32.5 Å². The summed E-state index contributed by atoms with van der Waals surface area (Å²) >= 11 is 3.71. The molecule has 1 aliphatic carbocycles. The molecule has 38 heavy (non-hydrogen) atoms. The second kappa shape index (κ2) is 10.3. The molecule has 1 N–H and O–H groups in total. The lowest BCUT2D eigenvalue weighted by atomic mass is 10.0. The van der Waals surface area contributed by atoms with Crippen molar-refractivity contribution in [2.45, 2.75) is 25.5 Å². The van der Waals surface area contributed by atoms with Gasteiger partial charge in [0.15, 0.2) is 0 Å². The maximum atomic E-state index is 6.13. The molecular formula is C29H26BrN5O3. The minimum atomic E-state index is 0.294. The van der Waals surface area contributed by atoms with E-state index in [1.807, 2.05) is 41.2 Å². The number of ether oxygens (including phenoxy) is 3. The topological polar surface area (TPSA) is 83.3 Å². The Labute approximate surface area is 228 Å². The van der Waals surface area contributed by atoms with Gasteiger partial charge in [-0.3, -0.25) is 0 Å². The van der Waals surface area contributed by atoms with Gasteiger partial charge in [-0.1, -0.05) is 6.07 Å². The molecule has 0 bridgehead atoms. The van der Waals surface area contributed by atoms with Crippen LogP contribution in [0, 0.1) is 0 Å². The quantitative estimate of drug-likeness (QED) is 0.218. The largest absolute Gasteiger partial charge is 0.497 e. The van der Waals surface area contributed by atoms with Crippen molar-refractivity contribution in [3.8, 4) is 34.1 Å². The molecular weight excluding hydrogens is 546 g/mol. The Balaban J connectivity index is 1.34. The molecule has 0 spiro atoms. The second-order valence-corrected chi connectivity index (χ2v) is 9.94. The van der Waals surface area contributed by atoms with Crippen molar-refractivity contribution in [2.75, 3.05) is 19.5 Å². The number of rotatable bonds is 9. The number of anilines is 1. The highest BCUT2D eigenvalue weighted by molar-refractivity contribution is 9.10. The zero-order valence-electron chi connectivity index (χ0n) is 21.0. The van der Waals surface area contributed by atoms with Crippen molar-refractivity contribution < 1.29 is 14.2 Å². The van der Waals surface area contributed by atoms with Gasteiger partial charge in [-0.15, -0.1) is 0 Å². The summed E-state index contributed by atoms with van der Waals surface area (Å²) in [5, 5.41) is 17.6. The fourth-order valence-electron chi connectivity index (χ4n) is 4.39. The van der Waals surface area contributed by atoms with E-state index in [0.717, 1.165) is 73.5 Å². The summed E-state index contributed by atoms with van der Waals surface area (Å²) in [7, 11) is 3.30. The summed E-state index contributed by atoms with van der Waals surface area (Å²) in [6, 6.07) is 18.1. The lowest BCUT2D eigenvalue weighted by Gasteiger charge is -2.16. The summed E-state index contributed by atoms with van der Waals surface area (Å²) < 4.78 is 19.8. The smallest absolute Gasteiger partial charge is 0.136 e. The first-order valence-electron chi connectivity index (χ1n) is 12.3. The van der Waals surface area contributed by atoms with Crippen LogP contribution in [0.25, 0.3) is 27.7 Å². The zero-order chi connectivity index (χ0) is 26.1. The van der Waals surface area contributed by atoms with Crippen LogP contribution in [0.4, 0.5) is 5.69 Å². The van der Waals surface area contributed by atoms with Gasteiger partial charge in [0.2, 0.25) is 0 Å². The third-order valence-electron chi connectivity index (χ3n) is 6.53. The minimum Gasteiger partial charge on any atom is -0.497 e. The molecule has 0 aliphatic heterocycles. The fraction of sp³-hybridized carbons (Fsp3) is 0.207. The van der Waals surface area contributed by atoms with Crippen molar-refractivity contribution in [3.63, 3.8) is 0 Å². The highest BCUT2D eigenvalue weighted by Crippen LogP contribution is 2.39. The van der Waals surface area contributed by atoms with Crippen LogP contribution < -0.4 is 19.5 Å². The van der Waals surface area contributed by atoms with Crippen LogP contribution >= 0.6 is 15.9 Å². The Bertz CT molecular complexity index is 1600. The van der Waals surface area contributed by atoms with Crippen LogP contribution in [0.2, 0.25) is 0 Å². The van der Waals surface area contributed by atoms with Gasteiger partial charge in [0.05, 0.1) is 47.9 Å². The van der Waals surface area contributed by atoms with Gasteiger partial charge >= 0.3 is 0 Å². The van der Waals surface area contributed by atoms with E-state index in [9.17, 15) is 0 Å². The first kappa shape index (κ1) is 24.2. The molecule has 1 saturated carbocycles. The molecule has 1 aliphatic rings. The van der Waals surface area contributed by atoms with E-state index < -0.39 is 0 Å². The minimum absolute atomic E-state index is 0.294. The second-order valence-electron chi connectivity index (χ2n) is 9.09. The highest BCUT2D eigenvalue weighted by atomic mass is 79.9. The lowest BCUT2D eigenvalue weighted by Crippen LogP contribution is -2.04. The Kier molecular flexibility index (Phi) is 6.59. The van der Waals surface area contributed by atoms with Crippen LogP contribution in [0.5, 0.6) is 17.2 Å². The summed E-state index contributed by atoms with van der Waals surface area (Å²) in [6.45, 7) is 0.564. The molecule has 3 aromatic carbocycles. The number of nitrogens with zero attached hydrogens (tertiary/aromatic N) is 4. The van der Waals surface area contributed by atoms with Gasteiger partial charge in [-0.05, 0) is 70.7 Å². The molecule has 0 amide bonds. The number of hydrogen-bond acceptors (Lipinski definition) is 7. The van der Waals surface area contributed by atoms with Crippen LogP contribution in [0.1, 0.15) is 18.4 Å². The highest BCUT2D eigenvalue weighted by Gasteiger charge is 2.25. The van der Waals surface area contributed by atoms with Crippen LogP contribution in [-0.4, -0.2) is 40.3 Å². The molecule has 8 nitrogen and oxygen atoms in total. The summed E-state index contributed by atoms with van der Waals surface area (Å²) in [4.78, 5) is 0. The van der Waals surface area contributed by atoms with Gasteiger partial charge in [0.25, 0.3) is 0 Å². The summed E-state index contributed by atoms with van der Waals surface area (Å²) in [5.41, 5.74) is 5.63. The van der Waals surface area contributed by atoms with Gasteiger partial charge in [0, 0.05) is 47.6 Å². The SMILES string of the molecule is COc1ccc(CNc2cnnc3cc(-c4cc(Br)c(OC5CC5)cc4-n4cccn4)ccc23)c(OC)c1. The van der Waals surface area contributed by atoms with E-state index in [2.05, 4.69) is 60.8 Å². The molecule has 192 valence electrons. The van der Waals surface area contributed by atoms with E-state index in [1.54, 1.807) is 26.6 Å². The first-order chi connectivity index (χ1) is 18.6. The number of benzene rings is 3. The van der Waals surface area contributed by atoms with E-state index in [1.165, 1.54) is 0 Å². The number of fused-ring (bicyclic) bond motifs is 1. The molecule has 2 aromatic heterocycles. The lowest BCUT2D eigenvalue weighted by molar-refractivity contribution is 0.301. The third kappa shape index (κ3) is 4.89. The molecule has 1 fully saturated rings. The third-order valence-corrected chi connectivity index (χ3v) is 7.15. The zero-order valence-corrected chi connectivity index (χ0v) is 22.6. The molecule has 6 rings (SSSR count). The Morgan fingerprint density at radius 1 is 1.03 bits per heavy atom. The molecule has 0 unspecified atom stereocenters. The van der Waals surface area contributed by atoms with Gasteiger partial charge in [-0.2, -0.15) is 15.3 Å². The number of aromatic nitrogens is 4. The number of nitrogens with one attached hydrogen (secondary N) is 1. The molecule has 9 heteroatoms. The first-order valence-corrected chi connectivity index (χ1v) is 13.1. The monoisotopic (exact) mass is 571 g/mol. The van der Waals surface area contributed by atoms with Gasteiger partial charge in [0.1, 0.15) is 17.2 Å². The molecule has 2 heterocycles. The number of halogens is 1. The fourth-order valence-corrected chi connectivity index (χ4v) is 4.82. The predicted octanol–water partition coefficient (Wildman–Crippen LogP) is 6.42. The van der Waals surface area contributed by atoms with E-state index >= 15 is 0 Å². The molecule has 0 saturated heterocycles. The molecule has 5 aromatic rings. The summed E-state index contributed by atoms with van der Waals surface area (Å²) in [6.07, 6.45) is 7.93. The van der Waals surface area contributed by atoms with E-state index in [-0.39, 0.29) is 0 Å². The maximum Gasteiger partial charge on any atom is 0.136 e. The van der Waals surface area contributed by atoms with Crippen LogP contribution in [0.15, 0.2) is 77.7 Å². The Morgan fingerprint density at radius 2 is 1.92 bits per heavy atom. The molecule has 0 atom stereocenters. The van der Waals surface area contributed by atoms with Crippen molar-refractivity contribution in [1.29, 1.82) is 0 Å². The Hall–Kier alpha value is -4.11. The summed E-state index contributed by atoms with van der Waals surface area (Å²) in [5.74, 6) is 2.33. The van der Waals surface area contributed by atoms with Gasteiger partial charge in [-0.25, -0.2) is 4.68 Å². The van der Waals surface area contributed by atoms with Crippen LogP contribution in [0.3, 0.4) is 0 Å². The molecule has 0 radical (unpaired) electrons. The Morgan fingerprint density at radius 3 is 2.68 bits per heavy atom.